The number of halogens is 2. The van der Waals surface area contributed by atoms with Gasteiger partial charge in [0.2, 0.25) is 0 Å². The van der Waals surface area contributed by atoms with Crippen molar-refractivity contribution < 1.29 is 14.0 Å². The highest BCUT2D eigenvalue weighted by Crippen LogP contribution is 2.32. The molecule has 1 aliphatic heterocycles. The van der Waals surface area contributed by atoms with E-state index in [1.54, 1.807) is 54.6 Å². The second-order valence-electron chi connectivity index (χ2n) is 5.80. The summed E-state index contributed by atoms with van der Waals surface area (Å²) in [7, 11) is 0. The summed E-state index contributed by atoms with van der Waals surface area (Å²) in [5, 5.41) is 2.17. The van der Waals surface area contributed by atoms with Crippen molar-refractivity contribution in [1.29, 1.82) is 0 Å². The standard InChI is InChI=1S/C20H12Cl2N2O3/c21-12-6-8-15(17(22)10-12)18-9-7-14(27-18)11-16-19(25)23-24(20(16)26)13-4-2-1-3-5-13/h1-11H,(H,23,25). The minimum absolute atomic E-state index is 0.0121. The van der Waals surface area contributed by atoms with Crippen LogP contribution >= 0.6 is 23.2 Å². The lowest BCUT2D eigenvalue weighted by atomic mass is 10.2. The molecule has 5 nitrogen and oxygen atoms in total. The molecule has 1 aromatic heterocycles. The van der Waals surface area contributed by atoms with Crippen molar-refractivity contribution in [2.45, 2.75) is 0 Å². The van der Waals surface area contributed by atoms with Crippen LogP contribution in [0.5, 0.6) is 0 Å². The summed E-state index contributed by atoms with van der Waals surface area (Å²) in [6, 6.07) is 17.3. The third-order valence-electron chi connectivity index (χ3n) is 4.02. The second-order valence-corrected chi connectivity index (χ2v) is 6.64. The average molecular weight is 399 g/mol. The number of anilines is 1. The Hall–Kier alpha value is -3.02. The smallest absolute Gasteiger partial charge is 0.282 e. The predicted molar refractivity (Wildman–Crippen MR) is 104 cm³/mol. The lowest BCUT2D eigenvalue weighted by Crippen LogP contribution is -2.35. The Balaban J connectivity index is 1.63. The topological polar surface area (TPSA) is 62.6 Å². The largest absolute Gasteiger partial charge is 0.457 e. The van der Waals surface area contributed by atoms with Crippen LogP contribution in [0.1, 0.15) is 5.76 Å². The molecule has 0 atom stereocenters. The molecule has 1 saturated heterocycles. The number of hydrazine groups is 1. The molecule has 2 heterocycles. The Labute approximate surface area is 164 Å². The molecule has 0 aliphatic carbocycles. The van der Waals surface area contributed by atoms with E-state index in [1.165, 1.54) is 11.1 Å². The number of nitrogens with zero attached hydrogens (tertiary/aromatic N) is 1. The number of furan rings is 1. The molecule has 2 amide bonds. The van der Waals surface area contributed by atoms with E-state index in [9.17, 15) is 9.59 Å². The predicted octanol–water partition coefficient (Wildman–Crippen LogP) is 4.71. The number of amides is 2. The molecule has 0 saturated carbocycles. The van der Waals surface area contributed by atoms with Crippen molar-refractivity contribution in [2.75, 3.05) is 5.01 Å². The maximum atomic E-state index is 12.6. The van der Waals surface area contributed by atoms with Crippen molar-refractivity contribution in [1.82, 2.24) is 5.43 Å². The van der Waals surface area contributed by atoms with Gasteiger partial charge in [-0.3, -0.25) is 15.0 Å². The van der Waals surface area contributed by atoms with Crippen LogP contribution in [-0.2, 0) is 9.59 Å². The number of nitrogens with one attached hydrogen (secondary N) is 1. The van der Waals surface area contributed by atoms with Gasteiger partial charge in [0.1, 0.15) is 17.1 Å². The molecule has 1 fully saturated rings. The molecule has 4 rings (SSSR count). The van der Waals surface area contributed by atoms with Crippen LogP contribution in [-0.4, -0.2) is 11.8 Å². The highest BCUT2D eigenvalue weighted by Gasteiger charge is 2.34. The van der Waals surface area contributed by atoms with E-state index >= 15 is 0 Å². The van der Waals surface area contributed by atoms with Crippen molar-refractivity contribution in [3.8, 4) is 11.3 Å². The first-order valence-corrected chi connectivity index (χ1v) is 8.76. The van der Waals surface area contributed by atoms with Crippen LogP contribution in [0.4, 0.5) is 5.69 Å². The van der Waals surface area contributed by atoms with Gasteiger partial charge in [0.25, 0.3) is 11.8 Å². The first-order chi connectivity index (χ1) is 13.0. The summed E-state index contributed by atoms with van der Waals surface area (Å²) in [6.45, 7) is 0. The van der Waals surface area contributed by atoms with Gasteiger partial charge in [0, 0.05) is 10.6 Å². The maximum Gasteiger partial charge on any atom is 0.282 e. The van der Waals surface area contributed by atoms with Crippen molar-refractivity contribution in [2.24, 2.45) is 0 Å². The number of para-hydroxylation sites is 1. The zero-order chi connectivity index (χ0) is 19.0. The van der Waals surface area contributed by atoms with Gasteiger partial charge in [-0.05, 0) is 48.5 Å². The quantitative estimate of drug-likeness (QED) is 0.512. The Morgan fingerprint density at radius 1 is 0.963 bits per heavy atom. The van der Waals surface area contributed by atoms with Gasteiger partial charge in [-0.25, -0.2) is 5.01 Å². The van der Waals surface area contributed by atoms with Gasteiger partial charge in [-0.1, -0.05) is 41.4 Å². The monoisotopic (exact) mass is 398 g/mol. The number of carbonyl (C=O) groups is 2. The summed E-state index contributed by atoms with van der Waals surface area (Å²) < 4.78 is 5.74. The zero-order valence-electron chi connectivity index (χ0n) is 13.8. The normalized spacial score (nSPS) is 15.5. The van der Waals surface area contributed by atoms with Crippen molar-refractivity contribution in [3.63, 3.8) is 0 Å². The van der Waals surface area contributed by atoms with Crippen molar-refractivity contribution >= 4 is 46.8 Å². The lowest BCUT2D eigenvalue weighted by molar-refractivity contribution is -0.117. The SMILES string of the molecule is O=C1NN(c2ccccc2)C(=O)C1=Cc1ccc(-c2ccc(Cl)cc2Cl)o1. The molecule has 27 heavy (non-hydrogen) atoms. The summed E-state index contributed by atoms with van der Waals surface area (Å²) >= 11 is 12.1. The minimum Gasteiger partial charge on any atom is -0.457 e. The Bertz CT molecular complexity index is 1070. The summed E-state index contributed by atoms with van der Waals surface area (Å²) in [5.41, 5.74) is 3.77. The number of rotatable bonds is 3. The summed E-state index contributed by atoms with van der Waals surface area (Å²) in [5.74, 6) is -0.0706. The molecule has 3 aromatic rings. The summed E-state index contributed by atoms with van der Waals surface area (Å²) in [6.07, 6.45) is 1.41. The summed E-state index contributed by atoms with van der Waals surface area (Å²) in [4.78, 5) is 24.8. The zero-order valence-corrected chi connectivity index (χ0v) is 15.3. The van der Waals surface area contributed by atoms with Gasteiger partial charge in [-0.15, -0.1) is 0 Å². The first-order valence-electron chi connectivity index (χ1n) is 8.00. The van der Waals surface area contributed by atoms with E-state index in [0.717, 1.165) is 0 Å². The van der Waals surface area contributed by atoms with Gasteiger partial charge in [-0.2, -0.15) is 0 Å². The van der Waals surface area contributed by atoms with Gasteiger partial charge >= 0.3 is 0 Å². The molecule has 2 aromatic carbocycles. The molecule has 0 radical (unpaired) electrons. The van der Waals surface area contributed by atoms with Crippen LogP contribution < -0.4 is 10.4 Å². The molecule has 1 N–H and O–H groups in total. The lowest BCUT2D eigenvalue weighted by Gasteiger charge is -2.13. The van der Waals surface area contributed by atoms with E-state index in [4.69, 9.17) is 27.6 Å². The fraction of sp³-hybridized carbons (Fsp3) is 0. The molecule has 0 unspecified atom stereocenters. The fourth-order valence-corrected chi connectivity index (χ4v) is 3.22. The number of hydrogen-bond donors (Lipinski definition) is 1. The average Bonchev–Trinajstić information content (AvgIpc) is 3.22. The van der Waals surface area contributed by atoms with Crippen LogP contribution in [0.15, 0.2) is 70.7 Å². The molecule has 1 aliphatic rings. The van der Waals surface area contributed by atoms with Crippen LogP contribution in [0.3, 0.4) is 0 Å². The molecule has 0 spiro atoms. The molecular formula is C20H12Cl2N2O3. The van der Waals surface area contributed by atoms with E-state index < -0.39 is 11.8 Å². The van der Waals surface area contributed by atoms with Gasteiger partial charge in [0.15, 0.2) is 0 Å². The number of carbonyl (C=O) groups excluding carboxylic acids is 2. The van der Waals surface area contributed by atoms with Crippen LogP contribution in [0.25, 0.3) is 17.4 Å². The van der Waals surface area contributed by atoms with Gasteiger partial charge in [0.05, 0.1) is 10.7 Å². The third-order valence-corrected chi connectivity index (χ3v) is 4.56. The Morgan fingerprint density at radius 2 is 1.74 bits per heavy atom. The minimum atomic E-state index is -0.494. The third kappa shape index (κ3) is 3.35. The number of hydrogen-bond acceptors (Lipinski definition) is 3. The second kappa shape index (κ2) is 6.95. The fourth-order valence-electron chi connectivity index (χ4n) is 2.72. The Morgan fingerprint density at radius 3 is 2.48 bits per heavy atom. The van der Waals surface area contributed by atoms with Crippen molar-refractivity contribution in [3.05, 3.63) is 82.0 Å². The number of benzene rings is 2. The van der Waals surface area contributed by atoms with E-state index in [0.29, 0.717) is 32.8 Å². The van der Waals surface area contributed by atoms with Crippen LogP contribution in [0.2, 0.25) is 10.0 Å². The van der Waals surface area contributed by atoms with E-state index in [-0.39, 0.29) is 5.57 Å². The molecule has 134 valence electrons. The Kier molecular flexibility index (Phi) is 4.48. The highest BCUT2D eigenvalue weighted by atomic mass is 35.5. The van der Waals surface area contributed by atoms with E-state index in [1.807, 2.05) is 6.07 Å². The molecule has 0 bridgehead atoms. The van der Waals surface area contributed by atoms with Crippen LogP contribution in [0, 0.1) is 0 Å². The molecular weight excluding hydrogens is 387 g/mol. The van der Waals surface area contributed by atoms with E-state index in [2.05, 4.69) is 5.43 Å². The maximum absolute atomic E-state index is 12.6. The van der Waals surface area contributed by atoms with Gasteiger partial charge < -0.3 is 4.42 Å². The highest BCUT2D eigenvalue weighted by molar-refractivity contribution is 6.36. The molecule has 7 heteroatoms. The first kappa shape index (κ1) is 17.4.